The molecule has 1 aliphatic carbocycles. The zero-order valence-electron chi connectivity index (χ0n) is 13.0. The molecule has 21 heavy (non-hydrogen) atoms. The van der Waals surface area contributed by atoms with Crippen LogP contribution in [-0.4, -0.2) is 32.9 Å². The number of nitrogens with zero attached hydrogens (tertiary/aromatic N) is 1. The van der Waals surface area contributed by atoms with Gasteiger partial charge in [-0.25, -0.2) is 12.7 Å². The molecule has 0 atom stereocenters. The Labute approximate surface area is 132 Å². The summed E-state index contributed by atoms with van der Waals surface area (Å²) in [6.45, 7) is 4.48. The van der Waals surface area contributed by atoms with Crippen LogP contribution in [0, 0.1) is 5.92 Å². The average molecular weight is 331 g/mol. The number of hydrogen-bond acceptors (Lipinski definition) is 4. The van der Waals surface area contributed by atoms with E-state index in [1.54, 1.807) is 12.4 Å². The first-order valence-electron chi connectivity index (χ1n) is 7.78. The van der Waals surface area contributed by atoms with Gasteiger partial charge in [0.05, 0.1) is 4.90 Å². The SMILES string of the molecule is CCCNCc1cc(S(=O)(=O)N(C)CC2CCCC2)cs1. The molecule has 1 N–H and O–H groups in total. The van der Waals surface area contributed by atoms with Gasteiger partial charge in [-0.05, 0) is 37.8 Å². The molecule has 1 aliphatic rings. The molecule has 0 saturated heterocycles. The summed E-state index contributed by atoms with van der Waals surface area (Å²) in [6.07, 6.45) is 5.89. The third-order valence-electron chi connectivity index (χ3n) is 4.05. The van der Waals surface area contributed by atoms with Crippen LogP contribution in [0.2, 0.25) is 0 Å². The molecule has 2 rings (SSSR count). The quantitative estimate of drug-likeness (QED) is 0.745. The van der Waals surface area contributed by atoms with Crippen LogP contribution in [0.25, 0.3) is 0 Å². The molecule has 1 saturated carbocycles. The largest absolute Gasteiger partial charge is 0.312 e. The van der Waals surface area contributed by atoms with Crippen molar-refractivity contribution in [2.24, 2.45) is 5.92 Å². The van der Waals surface area contributed by atoms with E-state index in [1.807, 2.05) is 6.07 Å². The maximum absolute atomic E-state index is 12.6. The van der Waals surface area contributed by atoms with Crippen LogP contribution in [0.5, 0.6) is 0 Å². The van der Waals surface area contributed by atoms with Crippen LogP contribution in [-0.2, 0) is 16.6 Å². The van der Waals surface area contributed by atoms with Crippen molar-refractivity contribution in [3.63, 3.8) is 0 Å². The summed E-state index contributed by atoms with van der Waals surface area (Å²) in [7, 11) is -1.61. The Morgan fingerprint density at radius 1 is 1.38 bits per heavy atom. The number of rotatable bonds is 8. The van der Waals surface area contributed by atoms with E-state index in [9.17, 15) is 8.42 Å². The van der Waals surface area contributed by atoms with E-state index in [4.69, 9.17) is 0 Å². The topological polar surface area (TPSA) is 49.4 Å². The molecule has 0 aromatic carbocycles. The number of sulfonamides is 1. The lowest BCUT2D eigenvalue weighted by Gasteiger charge is -2.20. The van der Waals surface area contributed by atoms with Crippen LogP contribution < -0.4 is 5.32 Å². The summed E-state index contributed by atoms with van der Waals surface area (Å²) in [5.74, 6) is 0.536. The van der Waals surface area contributed by atoms with Crippen molar-refractivity contribution >= 4 is 21.4 Å². The fourth-order valence-corrected chi connectivity index (χ4v) is 5.29. The van der Waals surface area contributed by atoms with Gasteiger partial charge in [0.25, 0.3) is 0 Å². The lowest BCUT2D eigenvalue weighted by Crippen LogP contribution is -2.31. The highest BCUT2D eigenvalue weighted by atomic mass is 32.2. The summed E-state index contributed by atoms with van der Waals surface area (Å²) in [5, 5.41) is 5.07. The van der Waals surface area contributed by atoms with Crippen molar-refractivity contribution in [2.75, 3.05) is 20.1 Å². The molecule has 1 aromatic rings. The molecular weight excluding hydrogens is 304 g/mol. The van der Waals surface area contributed by atoms with Crippen molar-refractivity contribution in [3.8, 4) is 0 Å². The van der Waals surface area contributed by atoms with Gasteiger partial charge in [-0.15, -0.1) is 11.3 Å². The normalized spacial score (nSPS) is 16.9. The van der Waals surface area contributed by atoms with Crippen molar-refractivity contribution in [1.29, 1.82) is 0 Å². The van der Waals surface area contributed by atoms with E-state index in [-0.39, 0.29) is 0 Å². The van der Waals surface area contributed by atoms with E-state index in [0.29, 0.717) is 17.4 Å². The number of nitrogens with one attached hydrogen (secondary N) is 1. The fourth-order valence-electron chi connectivity index (χ4n) is 2.81. The lowest BCUT2D eigenvalue weighted by molar-refractivity contribution is 0.387. The first-order chi connectivity index (χ1) is 10.0. The molecule has 0 amide bonds. The molecule has 120 valence electrons. The van der Waals surface area contributed by atoms with Gasteiger partial charge < -0.3 is 5.32 Å². The van der Waals surface area contributed by atoms with Crippen LogP contribution in [0.4, 0.5) is 0 Å². The second-order valence-electron chi connectivity index (χ2n) is 5.86. The molecule has 0 radical (unpaired) electrons. The molecular formula is C15H26N2O2S2. The molecule has 0 aliphatic heterocycles. The Morgan fingerprint density at radius 3 is 2.76 bits per heavy atom. The van der Waals surface area contributed by atoms with Gasteiger partial charge >= 0.3 is 0 Å². The highest BCUT2D eigenvalue weighted by Crippen LogP contribution is 2.28. The molecule has 6 heteroatoms. The minimum absolute atomic E-state index is 0.446. The van der Waals surface area contributed by atoms with Crippen LogP contribution >= 0.6 is 11.3 Å². The van der Waals surface area contributed by atoms with E-state index in [0.717, 1.165) is 37.2 Å². The number of hydrogen-bond donors (Lipinski definition) is 1. The second-order valence-corrected chi connectivity index (χ2v) is 8.90. The van der Waals surface area contributed by atoms with Crippen LogP contribution in [0.15, 0.2) is 16.3 Å². The standard InChI is InChI=1S/C15H26N2O2S2/c1-3-8-16-10-14-9-15(12-20-14)21(18,19)17(2)11-13-6-4-5-7-13/h9,12-13,16H,3-8,10-11H2,1-2H3. The summed E-state index contributed by atoms with van der Waals surface area (Å²) in [5.41, 5.74) is 0. The molecule has 0 bridgehead atoms. The van der Waals surface area contributed by atoms with Crippen LogP contribution in [0.3, 0.4) is 0 Å². The van der Waals surface area contributed by atoms with Crippen molar-refractivity contribution in [2.45, 2.75) is 50.5 Å². The Balaban J connectivity index is 1.97. The van der Waals surface area contributed by atoms with E-state index < -0.39 is 10.0 Å². The molecule has 1 aromatic heterocycles. The maximum Gasteiger partial charge on any atom is 0.243 e. The average Bonchev–Trinajstić information content (AvgIpc) is 3.10. The monoisotopic (exact) mass is 330 g/mol. The van der Waals surface area contributed by atoms with Crippen molar-refractivity contribution in [3.05, 3.63) is 16.3 Å². The van der Waals surface area contributed by atoms with Crippen molar-refractivity contribution < 1.29 is 8.42 Å². The maximum atomic E-state index is 12.6. The van der Waals surface area contributed by atoms with Gasteiger partial charge in [-0.1, -0.05) is 19.8 Å². The predicted molar refractivity (Wildman–Crippen MR) is 88.1 cm³/mol. The minimum Gasteiger partial charge on any atom is -0.312 e. The highest BCUT2D eigenvalue weighted by Gasteiger charge is 2.26. The van der Waals surface area contributed by atoms with Gasteiger partial charge in [0.15, 0.2) is 0 Å². The van der Waals surface area contributed by atoms with Gasteiger partial charge in [0.1, 0.15) is 0 Å². The summed E-state index contributed by atoms with van der Waals surface area (Å²) < 4.78 is 26.7. The van der Waals surface area contributed by atoms with Gasteiger partial charge in [0, 0.05) is 30.4 Å². The third kappa shape index (κ3) is 4.52. The third-order valence-corrected chi connectivity index (χ3v) is 6.94. The highest BCUT2D eigenvalue weighted by molar-refractivity contribution is 7.89. The van der Waals surface area contributed by atoms with E-state index in [1.165, 1.54) is 28.5 Å². The minimum atomic E-state index is -3.32. The second kappa shape index (κ2) is 7.72. The van der Waals surface area contributed by atoms with Gasteiger partial charge in [-0.2, -0.15) is 0 Å². The lowest BCUT2D eigenvalue weighted by atomic mass is 10.1. The van der Waals surface area contributed by atoms with Crippen molar-refractivity contribution in [1.82, 2.24) is 9.62 Å². The smallest absolute Gasteiger partial charge is 0.243 e. The summed E-state index contributed by atoms with van der Waals surface area (Å²) in [6, 6.07) is 1.81. The summed E-state index contributed by atoms with van der Waals surface area (Å²) in [4.78, 5) is 1.53. The molecule has 0 spiro atoms. The van der Waals surface area contributed by atoms with Gasteiger partial charge in [0.2, 0.25) is 10.0 Å². The molecule has 1 heterocycles. The Morgan fingerprint density at radius 2 is 2.10 bits per heavy atom. The molecule has 1 fully saturated rings. The van der Waals surface area contributed by atoms with E-state index >= 15 is 0 Å². The Bertz CT molecular complexity index is 534. The summed E-state index contributed by atoms with van der Waals surface area (Å²) >= 11 is 1.52. The Hall–Kier alpha value is -0.430. The predicted octanol–water partition coefficient (Wildman–Crippen LogP) is 3.06. The molecule has 4 nitrogen and oxygen atoms in total. The van der Waals surface area contributed by atoms with E-state index in [2.05, 4.69) is 12.2 Å². The zero-order valence-corrected chi connectivity index (χ0v) is 14.6. The first-order valence-corrected chi connectivity index (χ1v) is 10.1. The fraction of sp³-hybridized carbons (Fsp3) is 0.733. The number of thiophene rings is 1. The molecule has 0 unspecified atom stereocenters. The first kappa shape index (κ1) is 16.9. The van der Waals surface area contributed by atoms with Gasteiger partial charge in [-0.3, -0.25) is 0 Å². The Kier molecular flexibility index (Phi) is 6.22. The zero-order chi connectivity index (χ0) is 15.3. The van der Waals surface area contributed by atoms with Crippen LogP contribution in [0.1, 0.15) is 43.9 Å².